The van der Waals surface area contributed by atoms with E-state index in [1.54, 1.807) is 6.92 Å². The van der Waals surface area contributed by atoms with E-state index >= 15 is 0 Å². The summed E-state index contributed by atoms with van der Waals surface area (Å²) in [5.74, 6) is -1.79. The Morgan fingerprint density at radius 2 is 2.06 bits per heavy atom. The van der Waals surface area contributed by atoms with Crippen LogP contribution < -0.4 is 10.9 Å². The maximum Gasteiger partial charge on any atom is 0.328 e. The van der Waals surface area contributed by atoms with Crippen LogP contribution >= 0.6 is 0 Å². The number of hydrogen-bond acceptors (Lipinski definition) is 4. The molecule has 0 radical (unpaired) electrons. The largest absolute Gasteiger partial charge is 0.480 e. The van der Waals surface area contributed by atoms with Crippen LogP contribution in [0.5, 0.6) is 0 Å². The zero-order valence-corrected chi connectivity index (χ0v) is 10.4. The number of carboxylic acids is 1. The molecule has 0 aliphatic carbocycles. The van der Waals surface area contributed by atoms with Crippen LogP contribution in [0.25, 0.3) is 0 Å². The van der Waals surface area contributed by atoms with Crippen molar-refractivity contribution in [1.29, 1.82) is 0 Å². The van der Waals surface area contributed by atoms with Crippen LogP contribution in [-0.4, -0.2) is 32.3 Å². The molecule has 7 nitrogen and oxygen atoms in total. The third-order valence-electron chi connectivity index (χ3n) is 2.36. The number of carboxylic acid groups (broad SMARTS) is 1. The second kappa shape index (κ2) is 4.99. The van der Waals surface area contributed by atoms with Gasteiger partial charge in [-0.05, 0) is 26.8 Å². The Bertz CT molecular complexity index is 533. The molecule has 98 valence electrons. The van der Waals surface area contributed by atoms with Gasteiger partial charge in [0.15, 0.2) is 0 Å². The fourth-order valence-corrected chi connectivity index (χ4v) is 1.20. The topological polar surface area (TPSA) is 101 Å². The summed E-state index contributed by atoms with van der Waals surface area (Å²) in [5, 5.41) is 15.1. The zero-order chi connectivity index (χ0) is 13.9. The summed E-state index contributed by atoms with van der Waals surface area (Å²) in [6.45, 7) is 4.78. The second-order valence-corrected chi connectivity index (χ2v) is 4.26. The first-order chi connectivity index (χ1) is 8.27. The minimum Gasteiger partial charge on any atom is -0.480 e. The predicted octanol–water partition coefficient (Wildman–Crippen LogP) is -0.144. The first kappa shape index (κ1) is 13.9. The number of carbonyl (C=O) groups is 2. The van der Waals surface area contributed by atoms with Crippen LogP contribution in [0.2, 0.25) is 0 Å². The third kappa shape index (κ3) is 2.93. The van der Waals surface area contributed by atoms with E-state index in [1.807, 2.05) is 0 Å². The highest BCUT2D eigenvalue weighted by Crippen LogP contribution is 2.03. The van der Waals surface area contributed by atoms with Crippen molar-refractivity contribution >= 4 is 11.9 Å². The smallest absolute Gasteiger partial charge is 0.328 e. The zero-order valence-electron chi connectivity index (χ0n) is 10.4. The summed E-state index contributed by atoms with van der Waals surface area (Å²) in [6.07, 6.45) is 0. The number of aromatic nitrogens is 2. The summed E-state index contributed by atoms with van der Waals surface area (Å²) in [7, 11) is 0. The van der Waals surface area contributed by atoms with E-state index in [0.717, 1.165) is 4.68 Å². The summed E-state index contributed by atoms with van der Waals surface area (Å²) in [5.41, 5.74) is -1.70. The van der Waals surface area contributed by atoms with Crippen molar-refractivity contribution < 1.29 is 14.7 Å². The molecule has 1 amide bonds. The molecule has 1 aromatic rings. The predicted molar refractivity (Wildman–Crippen MR) is 63.4 cm³/mol. The Hall–Kier alpha value is -2.18. The van der Waals surface area contributed by atoms with Gasteiger partial charge in [-0.25, -0.2) is 9.48 Å². The van der Waals surface area contributed by atoms with Gasteiger partial charge < -0.3 is 10.4 Å². The molecule has 0 atom stereocenters. The minimum atomic E-state index is -1.40. The van der Waals surface area contributed by atoms with Crippen LogP contribution in [-0.2, 0) is 11.3 Å². The van der Waals surface area contributed by atoms with Crippen molar-refractivity contribution in [2.24, 2.45) is 0 Å². The first-order valence-corrected chi connectivity index (χ1v) is 5.42. The maximum absolute atomic E-state index is 11.8. The van der Waals surface area contributed by atoms with Gasteiger partial charge in [0.25, 0.3) is 11.5 Å². The molecule has 2 N–H and O–H groups in total. The number of rotatable bonds is 4. The standard InChI is InChI=1S/C11H15N3O4/c1-4-14-8(15)6-5-7(13-14)9(16)12-11(2,3)10(17)18/h5-6H,4H2,1-3H3,(H,12,16)(H,17,18). The van der Waals surface area contributed by atoms with Crippen LogP contribution in [0.3, 0.4) is 0 Å². The van der Waals surface area contributed by atoms with Gasteiger partial charge in [-0.3, -0.25) is 9.59 Å². The molecule has 18 heavy (non-hydrogen) atoms. The van der Waals surface area contributed by atoms with Gasteiger partial charge in [0, 0.05) is 12.6 Å². The monoisotopic (exact) mass is 253 g/mol. The van der Waals surface area contributed by atoms with Crippen molar-refractivity contribution in [2.45, 2.75) is 32.9 Å². The van der Waals surface area contributed by atoms with Crippen LogP contribution in [0, 0.1) is 0 Å². The van der Waals surface area contributed by atoms with Crippen molar-refractivity contribution in [3.63, 3.8) is 0 Å². The highest BCUT2D eigenvalue weighted by atomic mass is 16.4. The molecule has 0 aromatic carbocycles. The quantitative estimate of drug-likeness (QED) is 0.777. The summed E-state index contributed by atoms with van der Waals surface area (Å²) >= 11 is 0. The molecule has 0 bridgehead atoms. The van der Waals surface area contributed by atoms with Gasteiger partial charge in [0.1, 0.15) is 11.2 Å². The molecule has 1 heterocycles. The van der Waals surface area contributed by atoms with Gasteiger partial charge in [0.05, 0.1) is 0 Å². The lowest BCUT2D eigenvalue weighted by molar-refractivity contribution is -0.143. The van der Waals surface area contributed by atoms with E-state index in [0.29, 0.717) is 6.54 Å². The molecule has 0 fully saturated rings. The highest BCUT2D eigenvalue weighted by molar-refractivity contribution is 5.95. The molecule has 7 heteroatoms. The minimum absolute atomic E-state index is 0.00535. The Morgan fingerprint density at radius 3 is 2.56 bits per heavy atom. The van der Waals surface area contributed by atoms with E-state index in [2.05, 4.69) is 10.4 Å². The molecule has 0 saturated carbocycles. The van der Waals surface area contributed by atoms with Gasteiger partial charge in [0.2, 0.25) is 0 Å². The molecular weight excluding hydrogens is 238 g/mol. The number of nitrogens with one attached hydrogen (secondary N) is 1. The van der Waals surface area contributed by atoms with Gasteiger partial charge in [-0.1, -0.05) is 0 Å². The SMILES string of the molecule is CCn1nc(C(=O)NC(C)(C)C(=O)O)ccc1=O. The van der Waals surface area contributed by atoms with Gasteiger partial charge in [-0.2, -0.15) is 5.10 Å². The molecule has 0 spiro atoms. The lowest BCUT2D eigenvalue weighted by Crippen LogP contribution is -2.50. The van der Waals surface area contributed by atoms with Gasteiger partial charge in [-0.15, -0.1) is 0 Å². The summed E-state index contributed by atoms with van der Waals surface area (Å²) in [6, 6.07) is 2.49. The molecular formula is C11H15N3O4. The van der Waals surface area contributed by atoms with Crippen LogP contribution in [0.15, 0.2) is 16.9 Å². The number of carbonyl (C=O) groups excluding carboxylic acids is 1. The van der Waals surface area contributed by atoms with Crippen molar-refractivity contribution in [2.75, 3.05) is 0 Å². The second-order valence-electron chi connectivity index (χ2n) is 4.26. The fourth-order valence-electron chi connectivity index (χ4n) is 1.20. The molecule has 0 aliphatic heterocycles. The molecule has 0 aliphatic rings. The normalized spacial score (nSPS) is 11.1. The summed E-state index contributed by atoms with van der Waals surface area (Å²) in [4.78, 5) is 34.0. The molecule has 1 aromatic heterocycles. The van der Waals surface area contributed by atoms with Gasteiger partial charge >= 0.3 is 5.97 Å². The Labute approximate surface area is 103 Å². The first-order valence-electron chi connectivity index (χ1n) is 5.42. The average molecular weight is 253 g/mol. The van der Waals surface area contributed by atoms with E-state index < -0.39 is 17.4 Å². The van der Waals surface area contributed by atoms with E-state index in [-0.39, 0.29) is 11.3 Å². The lowest BCUT2D eigenvalue weighted by Gasteiger charge is -2.20. The Balaban J connectivity index is 2.99. The average Bonchev–Trinajstić information content (AvgIpc) is 2.28. The number of aryl methyl sites for hydroxylation is 1. The third-order valence-corrected chi connectivity index (χ3v) is 2.36. The number of nitrogens with zero attached hydrogens (tertiary/aromatic N) is 2. The number of hydrogen-bond donors (Lipinski definition) is 2. The van der Waals surface area contributed by atoms with Crippen molar-refractivity contribution in [3.8, 4) is 0 Å². The number of aliphatic carboxylic acids is 1. The Kier molecular flexibility index (Phi) is 3.85. The van der Waals surface area contributed by atoms with Crippen molar-refractivity contribution in [3.05, 3.63) is 28.2 Å². The Morgan fingerprint density at radius 1 is 1.44 bits per heavy atom. The number of amides is 1. The molecule has 1 rings (SSSR count). The maximum atomic E-state index is 11.8. The highest BCUT2D eigenvalue weighted by Gasteiger charge is 2.29. The van der Waals surface area contributed by atoms with E-state index in [4.69, 9.17) is 5.11 Å². The van der Waals surface area contributed by atoms with Crippen LogP contribution in [0.1, 0.15) is 31.3 Å². The van der Waals surface area contributed by atoms with Crippen molar-refractivity contribution in [1.82, 2.24) is 15.1 Å². The molecule has 0 saturated heterocycles. The van der Waals surface area contributed by atoms with E-state index in [1.165, 1.54) is 26.0 Å². The molecule has 0 unspecified atom stereocenters. The van der Waals surface area contributed by atoms with E-state index in [9.17, 15) is 14.4 Å². The van der Waals surface area contributed by atoms with Crippen LogP contribution in [0.4, 0.5) is 0 Å². The fraction of sp³-hybridized carbons (Fsp3) is 0.455. The lowest BCUT2D eigenvalue weighted by atomic mass is 10.1. The summed E-state index contributed by atoms with van der Waals surface area (Å²) < 4.78 is 1.13.